The number of amides is 1. The Kier molecular flexibility index (Phi) is 5.62. The fourth-order valence-electron chi connectivity index (χ4n) is 3.34. The largest absolute Gasteiger partial charge is 0.338 e. The number of carbonyl (C=O) groups excluding carboxylic acids is 1. The average Bonchev–Trinajstić information content (AvgIpc) is 2.74. The van der Waals surface area contributed by atoms with Crippen LogP contribution in [0.25, 0.3) is 0 Å². The van der Waals surface area contributed by atoms with Crippen molar-refractivity contribution in [3.63, 3.8) is 0 Å². The summed E-state index contributed by atoms with van der Waals surface area (Å²) in [5.41, 5.74) is 9.03. The van der Waals surface area contributed by atoms with E-state index >= 15 is 0 Å². The first-order valence-electron chi connectivity index (χ1n) is 8.46. The number of likely N-dealkylation sites (tertiary alicyclic amines) is 1. The van der Waals surface area contributed by atoms with Crippen LogP contribution in [0.5, 0.6) is 0 Å². The minimum atomic E-state index is 0.199. The van der Waals surface area contributed by atoms with Crippen LogP contribution in [0.15, 0.2) is 0 Å². The maximum atomic E-state index is 12.7. The fourth-order valence-corrected chi connectivity index (χ4v) is 3.34. The molecule has 2 N–H and O–H groups in total. The number of carbonyl (C=O) groups is 1. The maximum absolute atomic E-state index is 12.7. The van der Waals surface area contributed by atoms with E-state index in [1.165, 1.54) is 6.42 Å². The zero-order valence-electron chi connectivity index (χ0n) is 14.4. The second-order valence-electron chi connectivity index (χ2n) is 6.87. The predicted octanol–water partition coefficient (Wildman–Crippen LogP) is 2.04. The Hall–Kier alpha value is -1.36. The molecular formula is C17H30N4O. The van der Waals surface area contributed by atoms with Gasteiger partial charge in [-0.3, -0.25) is 9.48 Å². The van der Waals surface area contributed by atoms with Gasteiger partial charge in [-0.05, 0) is 39.0 Å². The second-order valence-corrected chi connectivity index (χ2v) is 6.87. The molecule has 0 aromatic carbocycles. The molecule has 1 aliphatic heterocycles. The Balaban J connectivity index is 2.12. The summed E-state index contributed by atoms with van der Waals surface area (Å²) >= 11 is 0. The lowest BCUT2D eigenvalue weighted by atomic mass is 10.0. The predicted molar refractivity (Wildman–Crippen MR) is 88.6 cm³/mol. The van der Waals surface area contributed by atoms with Crippen molar-refractivity contribution < 1.29 is 4.79 Å². The number of hydrogen-bond acceptors (Lipinski definition) is 3. The van der Waals surface area contributed by atoms with E-state index in [-0.39, 0.29) is 11.9 Å². The third-order valence-electron chi connectivity index (χ3n) is 4.62. The van der Waals surface area contributed by atoms with Crippen molar-refractivity contribution >= 4 is 5.91 Å². The van der Waals surface area contributed by atoms with Gasteiger partial charge in [0.05, 0.1) is 12.1 Å². The molecule has 1 aliphatic rings. The number of nitrogens with two attached hydrogens (primary N) is 1. The molecule has 0 bridgehead atoms. The van der Waals surface area contributed by atoms with E-state index in [9.17, 15) is 4.79 Å². The molecule has 124 valence electrons. The standard InChI is InChI=1S/C17H30N4O/c1-12(2)11-21-14(4)16(13(3)19-21)9-17(22)20-8-6-5-7-15(20)10-18/h12,15H,5-11,18H2,1-4H3. The van der Waals surface area contributed by atoms with Gasteiger partial charge in [-0.1, -0.05) is 13.8 Å². The number of rotatable bonds is 5. The van der Waals surface area contributed by atoms with Crippen LogP contribution in [0, 0.1) is 19.8 Å². The van der Waals surface area contributed by atoms with Gasteiger partial charge in [-0.25, -0.2) is 0 Å². The lowest BCUT2D eigenvalue weighted by molar-refractivity contribution is -0.133. The highest BCUT2D eigenvalue weighted by Crippen LogP contribution is 2.20. The van der Waals surface area contributed by atoms with E-state index in [1.807, 2.05) is 16.5 Å². The van der Waals surface area contributed by atoms with Gasteiger partial charge < -0.3 is 10.6 Å². The third kappa shape index (κ3) is 3.69. The average molecular weight is 306 g/mol. The van der Waals surface area contributed by atoms with Gasteiger partial charge in [0.15, 0.2) is 0 Å². The Labute approximate surface area is 133 Å². The van der Waals surface area contributed by atoms with Crippen LogP contribution in [0.4, 0.5) is 0 Å². The van der Waals surface area contributed by atoms with Crippen molar-refractivity contribution in [2.75, 3.05) is 13.1 Å². The monoisotopic (exact) mass is 306 g/mol. The van der Waals surface area contributed by atoms with Crippen molar-refractivity contribution in [2.45, 2.75) is 66.0 Å². The molecular weight excluding hydrogens is 276 g/mol. The van der Waals surface area contributed by atoms with Crippen molar-refractivity contribution in [2.24, 2.45) is 11.7 Å². The fraction of sp³-hybridized carbons (Fsp3) is 0.765. The Morgan fingerprint density at radius 1 is 1.36 bits per heavy atom. The third-order valence-corrected chi connectivity index (χ3v) is 4.62. The van der Waals surface area contributed by atoms with Crippen LogP contribution >= 0.6 is 0 Å². The highest BCUT2D eigenvalue weighted by molar-refractivity contribution is 5.79. The van der Waals surface area contributed by atoms with Gasteiger partial charge >= 0.3 is 0 Å². The number of hydrogen-bond donors (Lipinski definition) is 1. The van der Waals surface area contributed by atoms with E-state index in [2.05, 4.69) is 25.9 Å². The molecule has 22 heavy (non-hydrogen) atoms. The molecule has 0 saturated carbocycles. The van der Waals surface area contributed by atoms with E-state index in [0.29, 0.717) is 18.9 Å². The molecule has 1 saturated heterocycles. The van der Waals surface area contributed by atoms with Crippen molar-refractivity contribution in [3.05, 3.63) is 17.0 Å². The molecule has 1 atom stereocenters. The first-order chi connectivity index (χ1) is 10.4. The van der Waals surface area contributed by atoms with E-state index in [1.54, 1.807) is 0 Å². The highest BCUT2D eigenvalue weighted by atomic mass is 16.2. The molecule has 1 amide bonds. The summed E-state index contributed by atoms with van der Waals surface area (Å²) in [5.74, 6) is 0.746. The molecule has 0 radical (unpaired) electrons. The van der Waals surface area contributed by atoms with Crippen molar-refractivity contribution in [3.8, 4) is 0 Å². The van der Waals surface area contributed by atoms with Crippen LogP contribution < -0.4 is 5.73 Å². The normalized spacial score (nSPS) is 19.0. The topological polar surface area (TPSA) is 64.2 Å². The molecule has 1 aromatic heterocycles. The summed E-state index contributed by atoms with van der Waals surface area (Å²) in [4.78, 5) is 14.7. The van der Waals surface area contributed by atoms with Crippen molar-refractivity contribution in [1.82, 2.24) is 14.7 Å². The van der Waals surface area contributed by atoms with Gasteiger partial charge in [0.25, 0.3) is 0 Å². The highest BCUT2D eigenvalue weighted by Gasteiger charge is 2.27. The van der Waals surface area contributed by atoms with Crippen LogP contribution in [0.1, 0.15) is 50.1 Å². The Morgan fingerprint density at radius 3 is 2.73 bits per heavy atom. The Morgan fingerprint density at radius 2 is 2.09 bits per heavy atom. The zero-order chi connectivity index (χ0) is 16.3. The number of aromatic nitrogens is 2. The lowest BCUT2D eigenvalue weighted by Crippen LogP contribution is -2.48. The first-order valence-corrected chi connectivity index (χ1v) is 8.46. The van der Waals surface area contributed by atoms with Gasteiger partial charge in [-0.2, -0.15) is 5.10 Å². The first kappa shape index (κ1) is 17.0. The SMILES string of the molecule is Cc1nn(CC(C)C)c(C)c1CC(=O)N1CCCCC1CN. The van der Waals surface area contributed by atoms with Crippen LogP contribution in [-0.2, 0) is 17.8 Å². The van der Waals surface area contributed by atoms with E-state index in [0.717, 1.165) is 42.9 Å². The zero-order valence-corrected chi connectivity index (χ0v) is 14.4. The second kappa shape index (κ2) is 7.27. The molecule has 2 rings (SSSR count). The number of piperidine rings is 1. The van der Waals surface area contributed by atoms with Crippen LogP contribution in [0.3, 0.4) is 0 Å². The molecule has 0 spiro atoms. The molecule has 0 aliphatic carbocycles. The molecule has 5 heteroatoms. The van der Waals surface area contributed by atoms with Crippen molar-refractivity contribution in [1.29, 1.82) is 0 Å². The van der Waals surface area contributed by atoms with Gasteiger partial charge in [0.1, 0.15) is 0 Å². The summed E-state index contributed by atoms with van der Waals surface area (Å²) in [5, 5.41) is 4.61. The summed E-state index contributed by atoms with van der Waals surface area (Å²) in [6.45, 7) is 10.7. The summed E-state index contributed by atoms with van der Waals surface area (Å²) in [6, 6.07) is 0.215. The van der Waals surface area contributed by atoms with Gasteiger partial charge in [-0.15, -0.1) is 0 Å². The number of aryl methyl sites for hydroxylation is 1. The van der Waals surface area contributed by atoms with E-state index in [4.69, 9.17) is 5.73 Å². The molecule has 1 aromatic rings. The summed E-state index contributed by atoms with van der Waals surface area (Å²) < 4.78 is 2.04. The molecule has 5 nitrogen and oxygen atoms in total. The smallest absolute Gasteiger partial charge is 0.227 e. The minimum Gasteiger partial charge on any atom is -0.338 e. The minimum absolute atomic E-state index is 0.199. The van der Waals surface area contributed by atoms with Gasteiger partial charge in [0, 0.05) is 36.9 Å². The summed E-state index contributed by atoms with van der Waals surface area (Å²) in [7, 11) is 0. The maximum Gasteiger partial charge on any atom is 0.227 e. The molecule has 1 unspecified atom stereocenters. The summed E-state index contributed by atoms with van der Waals surface area (Å²) in [6.07, 6.45) is 3.75. The Bertz CT molecular complexity index is 521. The van der Waals surface area contributed by atoms with Gasteiger partial charge in [0.2, 0.25) is 5.91 Å². The van der Waals surface area contributed by atoms with E-state index < -0.39 is 0 Å². The lowest BCUT2D eigenvalue weighted by Gasteiger charge is -2.35. The van der Waals surface area contributed by atoms with Crippen LogP contribution in [0.2, 0.25) is 0 Å². The van der Waals surface area contributed by atoms with Crippen LogP contribution in [-0.4, -0.2) is 39.7 Å². The number of nitrogens with zero attached hydrogens (tertiary/aromatic N) is 3. The molecule has 1 fully saturated rings. The molecule has 2 heterocycles. The quantitative estimate of drug-likeness (QED) is 0.905.